The zero-order chi connectivity index (χ0) is 18.1. The average molecular weight is 376 g/mol. The summed E-state index contributed by atoms with van der Waals surface area (Å²) in [7, 11) is 0. The molecule has 132 valence electrons. The first-order chi connectivity index (χ1) is 12.5. The Hall–Kier alpha value is -2.81. The molecule has 0 fully saturated rings. The van der Waals surface area contributed by atoms with Gasteiger partial charge in [-0.1, -0.05) is 23.4 Å². The number of halogens is 3. The number of rotatable bonds is 4. The Morgan fingerprint density at radius 3 is 2.62 bits per heavy atom. The van der Waals surface area contributed by atoms with Crippen LogP contribution in [0.2, 0.25) is 0 Å². The molecule has 0 saturated heterocycles. The van der Waals surface area contributed by atoms with Gasteiger partial charge in [-0.3, -0.25) is 0 Å². The van der Waals surface area contributed by atoms with Gasteiger partial charge < -0.3 is 8.92 Å². The van der Waals surface area contributed by atoms with Crippen LogP contribution in [-0.2, 0) is 11.9 Å². The fourth-order valence-electron chi connectivity index (χ4n) is 2.37. The van der Waals surface area contributed by atoms with E-state index >= 15 is 0 Å². The van der Waals surface area contributed by atoms with Gasteiger partial charge in [0, 0.05) is 28.6 Å². The SMILES string of the molecule is FC(F)(F)c1nc(-c2ccn3cc(CSc4ccccc4)nc3c2)no1. The number of thioether (sulfide) groups is 1. The Kier molecular flexibility index (Phi) is 4.15. The Morgan fingerprint density at radius 1 is 1.08 bits per heavy atom. The van der Waals surface area contributed by atoms with E-state index in [2.05, 4.69) is 19.6 Å². The highest BCUT2D eigenvalue weighted by Gasteiger charge is 2.38. The van der Waals surface area contributed by atoms with Crippen molar-refractivity contribution >= 4 is 17.4 Å². The quantitative estimate of drug-likeness (QED) is 0.484. The molecule has 0 aliphatic heterocycles. The normalized spacial score (nSPS) is 12.0. The first kappa shape index (κ1) is 16.6. The van der Waals surface area contributed by atoms with E-state index in [0.717, 1.165) is 10.6 Å². The summed E-state index contributed by atoms with van der Waals surface area (Å²) in [6.45, 7) is 0. The van der Waals surface area contributed by atoms with Crippen LogP contribution in [0.1, 0.15) is 11.6 Å². The Balaban J connectivity index is 1.57. The molecule has 0 aliphatic carbocycles. The minimum Gasteiger partial charge on any atom is -0.329 e. The maximum absolute atomic E-state index is 12.6. The molecule has 0 radical (unpaired) electrons. The van der Waals surface area contributed by atoms with Crippen LogP contribution in [0.3, 0.4) is 0 Å². The number of pyridine rings is 1. The van der Waals surface area contributed by atoms with Crippen molar-refractivity contribution in [1.29, 1.82) is 0 Å². The molecule has 4 aromatic rings. The molecule has 0 atom stereocenters. The maximum Gasteiger partial charge on any atom is 0.471 e. The monoisotopic (exact) mass is 376 g/mol. The van der Waals surface area contributed by atoms with E-state index in [4.69, 9.17) is 0 Å². The first-order valence-electron chi connectivity index (χ1n) is 7.56. The fourth-order valence-corrected chi connectivity index (χ4v) is 3.18. The molecule has 0 spiro atoms. The van der Waals surface area contributed by atoms with E-state index in [1.54, 1.807) is 34.5 Å². The number of imidazole rings is 1. The Morgan fingerprint density at radius 2 is 1.88 bits per heavy atom. The summed E-state index contributed by atoms with van der Waals surface area (Å²) in [5.74, 6) is -0.805. The molecule has 0 aliphatic rings. The van der Waals surface area contributed by atoms with Crippen LogP contribution in [-0.4, -0.2) is 19.5 Å². The number of hydrogen-bond acceptors (Lipinski definition) is 5. The van der Waals surface area contributed by atoms with E-state index < -0.39 is 12.1 Å². The highest BCUT2D eigenvalue weighted by atomic mass is 32.2. The molecule has 3 heterocycles. The lowest BCUT2D eigenvalue weighted by atomic mass is 10.2. The molecular weight excluding hydrogens is 365 g/mol. The summed E-state index contributed by atoms with van der Waals surface area (Å²) >= 11 is 1.65. The summed E-state index contributed by atoms with van der Waals surface area (Å²) in [5, 5.41) is 3.40. The van der Waals surface area contributed by atoms with Crippen LogP contribution < -0.4 is 0 Å². The third kappa shape index (κ3) is 3.43. The lowest BCUT2D eigenvalue weighted by molar-refractivity contribution is -0.159. The lowest BCUT2D eigenvalue weighted by Gasteiger charge is -1.97. The van der Waals surface area contributed by atoms with Crippen molar-refractivity contribution in [2.24, 2.45) is 0 Å². The minimum absolute atomic E-state index is 0.122. The van der Waals surface area contributed by atoms with E-state index in [1.165, 1.54) is 0 Å². The standard InChI is InChI=1S/C17H11F3N4OS/c18-17(19,20)16-22-15(23-25-16)11-6-7-24-9-12(21-14(24)8-11)10-26-13-4-2-1-3-5-13/h1-9H,10H2. The van der Waals surface area contributed by atoms with Crippen LogP contribution in [0.25, 0.3) is 17.0 Å². The minimum atomic E-state index is -4.66. The summed E-state index contributed by atoms with van der Waals surface area (Å²) in [5.41, 5.74) is 1.87. The smallest absolute Gasteiger partial charge is 0.329 e. The largest absolute Gasteiger partial charge is 0.471 e. The van der Waals surface area contributed by atoms with Crippen molar-refractivity contribution in [3.8, 4) is 11.4 Å². The highest BCUT2D eigenvalue weighted by molar-refractivity contribution is 7.98. The number of hydrogen-bond donors (Lipinski definition) is 0. The second-order valence-electron chi connectivity index (χ2n) is 5.44. The van der Waals surface area contributed by atoms with Gasteiger partial charge in [0.1, 0.15) is 5.65 Å². The third-order valence-electron chi connectivity index (χ3n) is 3.57. The first-order valence-corrected chi connectivity index (χ1v) is 8.54. The van der Waals surface area contributed by atoms with Crippen LogP contribution in [0.5, 0.6) is 0 Å². The Labute approximate surface area is 149 Å². The van der Waals surface area contributed by atoms with Crippen molar-refractivity contribution in [2.45, 2.75) is 16.8 Å². The second kappa shape index (κ2) is 6.49. The van der Waals surface area contributed by atoms with Crippen LogP contribution in [0, 0.1) is 0 Å². The molecule has 26 heavy (non-hydrogen) atoms. The summed E-state index contributed by atoms with van der Waals surface area (Å²) in [4.78, 5) is 9.04. The molecule has 4 rings (SSSR count). The van der Waals surface area contributed by atoms with E-state index in [9.17, 15) is 13.2 Å². The maximum atomic E-state index is 12.6. The van der Waals surface area contributed by atoms with Crippen molar-refractivity contribution in [1.82, 2.24) is 19.5 Å². The van der Waals surface area contributed by atoms with E-state index in [-0.39, 0.29) is 5.82 Å². The van der Waals surface area contributed by atoms with Gasteiger partial charge in [-0.15, -0.1) is 11.8 Å². The average Bonchev–Trinajstić information content (AvgIpc) is 3.26. The number of alkyl halides is 3. The molecule has 3 aromatic heterocycles. The van der Waals surface area contributed by atoms with Crippen LogP contribution in [0.4, 0.5) is 13.2 Å². The zero-order valence-corrected chi connectivity index (χ0v) is 14.0. The van der Waals surface area contributed by atoms with E-state index in [1.807, 2.05) is 36.5 Å². The van der Waals surface area contributed by atoms with Crippen LogP contribution >= 0.6 is 11.8 Å². The Bertz CT molecular complexity index is 1040. The van der Waals surface area contributed by atoms with E-state index in [0.29, 0.717) is 17.0 Å². The predicted octanol–water partition coefficient (Wildman–Crippen LogP) is 4.70. The number of fused-ring (bicyclic) bond motifs is 1. The van der Waals surface area contributed by atoms with Gasteiger partial charge in [0.15, 0.2) is 0 Å². The molecule has 1 aromatic carbocycles. The van der Waals surface area contributed by atoms with Gasteiger partial charge in [-0.05, 0) is 24.3 Å². The fraction of sp³-hybridized carbons (Fsp3) is 0.118. The van der Waals surface area contributed by atoms with Crippen molar-refractivity contribution in [3.63, 3.8) is 0 Å². The van der Waals surface area contributed by atoms with Gasteiger partial charge in [-0.2, -0.15) is 18.2 Å². The van der Waals surface area contributed by atoms with Crippen molar-refractivity contribution in [2.75, 3.05) is 0 Å². The zero-order valence-electron chi connectivity index (χ0n) is 13.1. The predicted molar refractivity (Wildman–Crippen MR) is 89.5 cm³/mol. The molecule has 0 saturated carbocycles. The van der Waals surface area contributed by atoms with Gasteiger partial charge in [0.2, 0.25) is 5.82 Å². The van der Waals surface area contributed by atoms with Gasteiger partial charge in [0.05, 0.1) is 5.69 Å². The summed E-state index contributed by atoms with van der Waals surface area (Å²) < 4.78 is 43.8. The summed E-state index contributed by atoms with van der Waals surface area (Å²) in [6, 6.07) is 13.2. The molecule has 0 unspecified atom stereocenters. The topological polar surface area (TPSA) is 56.2 Å². The van der Waals surface area contributed by atoms with Crippen molar-refractivity contribution in [3.05, 3.63) is 66.4 Å². The third-order valence-corrected chi connectivity index (χ3v) is 4.61. The molecule has 0 amide bonds. The molecule has 0 N–H and O–H groups in total. The molecule has 5 nitrogen and oxygen atoms in total. The molecular formula is C17H11F3N4OS. The number of nitrogens with zero attached hydrogens (tertiary/aromatic N) is 4. The van der Waals surface area contributed by atoms with Gasteiger partial charge >= 0.3 is 12.1 Å². The highest BCUT2D eigenvalue weighted by Crippen LogP contribution is 2.29. The number of aromatic nitrogens is 4. The second-order valence-corrected chi connectivity index (χ2v) is 6.48. The number of benzene rings is 1. The van der Waals surface area contributed by atoms with Crippen molar-refractivity contribution < 1.29 is 17.7 Å². The lowest BCUT2D eigenvalue weighted by Crippen LogP contribution is -2.04. The molecule has 0 bridgehead atoms. The van der Waals surface area contributed by atoms with Gasteiger partial charge in [0.25, 0.3) is 0 Å². The van der Waals surface area contributed by atoms with Gasteiger partial charge in [-0.25, -0.2) is 4.98 Å². The molecule has 9 heteroatoms. The summed E-state index contributed by atoms with van der Waals surface area (Å²) in [6.07, 6.45) is -1.07. The van der Waals surface area contributed by atoms with Crippen LogP contribution in [0.15, 0.2) is 64.3 Å².